The van der Waals surface area contributed by atoms with E-state index in [1.165, 1.54) is 24.9 Å². The highest BCUT2D eigenvalue weighted by atomic mass is 33.1. The van der Waals surface area contributed by atoms with Gasteiger partial charge in [-0.05, 0) is 24.8 Å². The van der Waals surface area contributed by atoms with Crippen LogP contribution in [0.25, 0.3) is 0 Å². The molecule has 7 heteroatoms. The van der Waals surface area contributed by atoms with Gasteiger partial charge in [-0.2, -0.15) is 5.10 Å². The molecular weight excluding hydrogens is 352 g/mol. The van der Waals surface area contributed by atoms with Gasteiger partial charge in [0, 0.05) is 23.8 Å². The Morgan fingerprint density at radius 1 is 1.32 bits per heavy atom. The lowest BCUT2D eigenvalue weighted by atomic mass is 10.0. The highest BCUT2D eigenvalue weighted by Gasteiger charge is 2.18. The van der Waals surface area contributed by atoms with Gasteiger partial charge in [-0.1, -0.05) is 58.3 Å². The number of carbonyl (C=O) groups is 1. The van der Waals surface area contributed by atoms with Crippen LogP contribution in [-0.4, -0.2) is 32.1 Å². The number of rotatable bonds is 9. The van der Waals surface area contributed by atoms with E-state index in [1.54, 1.807) is 0 Å². The highest BCUT2D eigenvalue weighted by Crippen LogP contribution is 2.39. The molecule has 0 radical (unpaired) electrons. The van der Waals surface area contributed by atoms with Gasteiger partial charge in [-0.15, -0.1) is 0 Å². The summed E-state index contributed by atoms with van der Waals surface area (Å²) in [6.07, 6.45) is 7.33. The zero-order chi connectivity index (χ0) is 17.3. The monoisotopic (exact) mass is 376 g/mol. The molecule has 0 spiro atoms. The Bertz CT molecular complexity index is 630. The SMILES string of the molecule is O=C(CCCC[C@@H]1CCSS1)N[C@@H](Cc1ncn[nH]1)c1ccccc1. The summed E-state index contributed by atoms with van der Waals surface area (Å²) in [7, 11) is 3.99. The second kappa shape index (κ2) is 9.87. The first kappa shape index (κ1) is 18.3. The molecule has 1 aliphatic heterocycles. The van der Waals surface area contributed by atoms with Gasteiger partial charge >= 0.3 is 0 Å². The van der Waals surface area contributed by atoms with Gasteiger partial charge in [-0.3, -0.25) is 9.89 Å². The number of carbonyl (C=O) groups excluding carboxylic acids is 1. The van der Waals surface area contributed by atoms with Crippen molar-refractivity contribution >= 4 is 27.5 Å². The molecule has 5 nitrogen and oxygen atoms in total. The standard InChI is InChI=1S/C18H24N4OS2/c23-18(9-5-4-8-15-10-11-24-25-15)21-16(12-17-19-13-20-22-17)14-6-2-1-3-7-14/h1-3,6-7,13,15-16H,4-5,8-12H2,(H,21,23)(H,19,20,22)/t15-,16+/m1/s1. The second-order valence-electron chi connectivity index (χ2n) is 6.24. The van der Waals surface area contributed by atoms with Crippen molar-refractivity contribution in [2.45, 2.75) is 49.8 Å². The van der Waals surface area contributed by atoms with Crippen LogP contribution in [0.15, 0.2) is 36.7 Å². The van der Waals surface area contributed by atoms with Crippen LogP contribution in [0.2, 0.25) is 0 Å². The topological polar surface area (TPSA) is 70.7 Å². The molecule has 2 N–H and O–H groups in total. The number of aromatic nitrogens is 3. The van der Waals surface area contributed by atoms with Crippen molar-refractivity contribution < 1.29 is 4.79 Å². The van der Waals surface area contributed by atoms with Crippen molar-refractivity contribution in [1.29, 1.82) is 0 Å². The van der Waals surface area contributed by atoms with Gasteiger partial charge in [0.25, 0.3) is 0 Å². The zero-order valence-electron chi connectivity index (χ0n) is 14.2. The summed E-state index contributed by atoms with van der Waals surface area (Å²) in [6.45, 7) is 0. The number of unbranched alkanes of at least 4 members (excludes halogenated alkanes) is 1. The average Bonchev–Trinajstić information content (AvgIpc) is 3.33. The molecule has 1 aromatic carbocycles. The minimum Gasteiger partial charge on any atom is -0.349 e. The first-order valence-corrected chi connectivity index (χ1v) is 11.2. The third-order valence-electron chi connectivity index (χ3n) is 4.31. The van der Waals surface area contributed by atoms with Crippen molar-refractivity contribution in [2.75, 3.05) is 5.75 Å². The molecular formula is C18H24N4OS2. The van der Waals surface area contributed by atoms with Crippen LogP contribution in [0.3, 0.4) is 0 Å². The summed E-state index contributed by atoms with van der Waals surface area (Å²) in [5.41, 5.74) is 1.09. The van der Waals surface area contributed by atoms with Gasteiger partial charge in [0.1, 0.15) is 12.2 Å². The quantitative estimate of drug-likeness (QED) is 0.513. The molecule has 0 unspecified atom stereocenters. The van der Waals surface area contributed by atoms with E-state index >= 15 is 0 Å². The van der Waals surface area contributed by atoms with Crippen LogP contribution in [0.4, 0.5) is 0 Å². The first-order valence-electron chi connectivity index (χ1n) is 8.78. The maximum Gasteiger partial charge on any atom is 0.220 e. The lowest BCUT2D eigenvalue weighted by Gasteiger charge is -2.18. The van der Waals surface area contributed by atoms with E-state index in [0.29, 0.717) is 12.8 Å². The number of benzene rings is 1. The van der Waals surface area contributed by atoms with Crippen LogP contribution < -0.4 is 5.32 Å². The van der Waals surface area contributed by atoms with Crippen LogP contribution in [-0.2, 0) is 11.2 Å². The van der Waals surface area contributed by atoms with Crippen molar-refractivity contribution in [1.82, 2.24) is 20.5 Å². The van der Waals surface area contributed by atoms with Crippen LogP contribution in [0.5, 0.6) is 0 Å². The average molecular weight is 377 g/mol. The predicted molar refractivity (Wildman–Crippen MR) is 104 cm³/mol. The molecule has 25 heavy (non-hydrogen) atoms. The van der Waals surface area contributed by atoms with Crippen LogP contribution in [0.1, 0.15) is 49.5 Å². The molecule has 1 aliphatic rings. The smallest absolute Gasteiger partial charge is 0.220 e. The molecule has 1 fully saturated rings. The van der Waals surface area contributed by atoms with Crippen molar-refractivity contribution in [3.05, 3.63) is 48.0 Å². The third kappa shape index (κ3) is 6.08. The molecule has 0 bridgehead atoms. The van der Waals surface area contributed by atoms with E-state index in [-0.39, 0.29) is 11.9 Å². The highest BCUT2D eigenvalue weighted by molar-refractivity contribution is 8.77. The van der Waals surface area contributed by atoms with E-state index in [2.05, 4.69) is 20.5 Å². The molecule has 1 aromatic heterocycles. The Labute approximate surface area is 156 Å². The van der Waals surface area contributed by atoms with E-state index in [4.69, 9.17) is 0 Å². The van der Waals surface area contributed by atoms with E-state index in [1.807, 2.05) is 51.9 Å². The lowest BCUT2D eigenvalue weighted by Crippen LogP contribution is -2.30. The number of aromatic amines is 1. The van der Waals surface area contributed by atoms with Gasteiger partial charge in [-0.25, -0.2) is 4.98 Å². The van der Waals surface area contributed by atoms with Crippen molar-refractivity contribution in [3.63, 3.8) is 0 Å². The summed E-state index contributed by atoms with van der Waals surface area (Å²) < 4.78 is 0. The normalized spacial score (nSPS) is 18.2. The molecule has 0 aliphatic carbocycles. The fraction of sp³-hybridized carbons (Fsp3) is 0.500. The maximum atomic E-state index is 12.4. The number of H-pyrrole nitrogens is 1. The van der Waals surface area contributed by atoms with E-state index < -0.39 is 0 Å². The molecule has 134 valence electrons. The van der Waals surface area contributed by atoms with Gasteiger partial charge < -0.3 is 5.32 Å². The summed E-state index contributed by atoms with van der Waals surface area (Å²) in [4.78, 5) is 16.6. The Morgan fingerprint density at radius 2 is 2.20 bits per heavy atom. The van der Waals surface area contributed by atoms with Gasteiger partial charge in [0.05, 0.1) is 6.04 Å². The molecule has 0 saturated carbocycles. The number of amides is 1. The lowest BCUT2D eigenvalue weighted by molar-refractivity contribution is -0.122. The molecule has 2 atom stereocenters. The van der Waals surface area contributed by atoms with Crippen molar-refractivity contribution in [2.24, 2.45) is 0 Å². The van der Waals surface area contributed by atoms with Gasteiger partial charge in [0.2, 0.25) is 5.91 Å². The number of hydrogen-bond donors (Lipinski definition) is 2. The van der Waals surface area contributed by atoms with Crippen molar-refractivity contribution in [3.8, 4) is 0 Å². The molecule has 1 saturated heterocycles. The predicted octanol–water partition coefficient (Wildman–Crippen LogP) is 3.92. The number of nitrogens with one attached hydrogen (secondary N) is 2. The summed E-state index contributed by atoms with van der Waals surface area (Å²) in [6, 6.07) is 9.96. The first-order chi connectivity index (χ1) is 12.3. The minimum absolute atomic E-state index is 0.0802. The fourth-order valence-corrected chi connectivity index (χ4v) is 5.98. The molecule has 1 amide bonds. The van der Waals surface area contributed by atoms with Crippen LogP contribution >= 0.6 is 21.6 Å². The summed E-state index contributed by atoms with van der Waals surface area (Å²) >= 11 is 0. The largest absolute Gasteiger partial charge is 0.349 e. The van der Waals surface area contributed by atoms with Crippen LogP contribution in [0, 0.1) is 0 Å². The fourth-order valence-electron chi connectivity index (χ4n) is 2.95. The van der Waals surface area contributed by atoms with E-state index in [9.17, 15) is 4.79 Å². The molecule has 2 aromatic rings. The minimum atomic E-state index is -0.0802. The second-order valence-corrected chi connectivity index (χ2v) is 9.03. The third-order valence-corrected chi connectivity index (χ3v) is 7.31. The molecule has 2 heterocycles. The van der Waals surface area contributed by atoms with Gasteiger partial charge in [0.15, 0.2) is 0 Å². The Morgan fingerprint density at radius 3 is 2.92 bits per heavy atom. The summed E-state index contributed by atoms with van der Waals surface area (Å²) in [5.74, 6) is 2.17. The number of hydrogen-bond acceptors (Lipinski definition) is 5. The zero-order valence-corrected chi connectivity index (χ0v) is 15.8. The number of nitrogens with zero attached hydrogens (tertiary/aromatic N) is 2. The Hall–Kier alpha value is -1.47. The Kier molecular flexibility index (Phi) is 7.23. The maximum absolute atomic E-state index is 12.4. The molecule has 3 rings (SSSR count). The van der Waals surface area contributed by atoms with E-state index in [0.717, 1.165) is 29.5 Å². The Balaban J connectivity index is 1.47. The summed E-state index contributed by atoms with van der Waals surface area (Å²) in [5, 5.41) is 10.7.